The number of ether oxygens (including phenoxy) is 1. The molecular weight excluding hydrogens is 178 g/mol. The molecule has 0 aliphatic heterocycles. The van der Waals surface area contributed by atoms with Gasteiger partial charge in [0.05, 0.1) is 13.2 Å². The molecule has 3 nitrogen and oxygen atoms in total. The van der Waals surface area contributed by atoms with E-state index in [1.54, 1.807) is 14.0 Å². The number of methoxy groups -OCH3 is 1. The van der Waals surface area contributed by atoms with Crippen molar-refractivity contribution < 1.29 is 9.84 Å². The summed E-state index contributed by atoms with van der Waals surface area (Å²) in [5.41, 5.74) is 1.86. The number of aromatic amines is 1. The molecule has 0 spiro atoms. The van der Waals surface area contributed by atoms with Crippen LogP contribution in [0, 0.1) is 0 Å². The van der Waals surface area contributed by atoms with E-state index in [4.69, 9.17) is 4.74 Å². The minimum absolute atomic E-state index is 0.486. The highest BCUT2D eigenvalue weighted by atomic mass is 16.5. The Hall–Kier alpha value is -1.48. The minimum atomic E-state index is -0.486. The standard InChI is InChI=1S/C11H13NO2/c1-7(13)8-6-12-9-4-3-5-10(14-2)11(8)9/h3-7,12-13H,1-2H3. The fourth-order valence-corrected chi connectivity index (χ4v) is 1.68. The second-order valence-corrected chi connectivity index (χ2v) is 3.30. The zero-order valence-corrected chi connectivity index (χ0v) is 8.24. The monoisotopic (exact) mass is 191 g/mol. The van der Waals surface area contributed by atoms with E-state index in [0.29, 0.717) is 0 Å². The molecule has 1 heterocycles. The maximum absolute atomic E-state index is 9.56. The first kappa shape index (κ1) is 9.09. The summed E-state index contributed by atoms with van der Waals surface area (Å²) < 4.78 is 5.25. The first-order valence-corrected chi connectivity index (χ1v) is 4.56. The van der Waals surface area contributed by atoms with Crippen LogP contribution in [0.15, 0.2) is 24.4 Å². The fraction of sp³-hybridized carbons (Fsp3) is 0.273. The molecule has 1 unspecified atom stereocenters. The van der Waals surface area contributed by atoms with Gasteiger partial charge >= 0.3 is 0 Å². The Bertz CT molecular complexity index is 445. The van der Waals surface area contributed by atoms with E-state index in [0.717, 1.165) is 22.2 Å². The van der Waals surface area contributed by atoms with Gasteiger partial charge in [0.25, 0.3) is 0 Å². The third-order valence-corrected chi connectivity index (χ3v) is 2.37. The van der Waals surface area contributed by atoms with Crippen LogP contribution < -0.4 is 4.74 Å². The van der Waals surface area contributed by atoms with Crippen LogP contribution in [0.3, 0.4) is 0 Å². The normalized spacial score (nSPS) is 13.1. The molecule has 2 aromatic rings. The van der Waals surface area contributed by atoms with E-state index >= 15 is 0 Å². The molecule has 1 aromatic carbocycles. The molecule has 1 atom stereocenters. The minimum Gasteiger partial charge on any atom is -0.496 e. The van der Waals surface area contributed by atoms with Crippen molar-refractivity contribution in [1.82, 2.24) is 4.98 Å². The topological polar surface area (TPSA) is 45.2 Å². The molecule has 0 aliphatic rings. The summed E-state index contributed by atoms with van der Waals surface area (Å²) in [7, 11) is 1.63. The van der Waals surface area contributed by atoms with Gasteiger partial charge in [-0.05, 0) is 19.1 Å². The molecule has 0 saturated heterocycles. The maximum atomic E-state index is 9.56. The Morgan fingerprint density at radius 2 is 2.21 bits per heavy atom. The molecular formula is C11H13NO2. The first-order valence-electron chi connectivity index (χ1n) is 4.56. The van der Waals surface area contributed by atoms with Crippen LogP contribution >= 0.6 is 0 Å². The maximum Gasteiger partial charge on any atom is 0.128 e. The van der Waals surface area contributed by atoms with Crippen LogP contribution in [-0.4, -0.2) is 17.2 Å². The van der Waals surface area contributed by atoms with Gasteiger partial charge in [-0.2, -0.15) is 0 Å². The SMILES string of the molecule is COc1cccc2[nH]cc(C(C)O)c12. The van der Waals surface area contributed by atoms with Gasteiger partial charge in [0, 0.05) is 22.7 Å². The van der Waals surface area contributed by atoms with Crippen molar-refractivity contribution in [2.45, 2.75) is 13.0 Å². The molecule has 0 saturated carbocycles. The second kappa shape index (κ2) is 3.35. The molecule has 0 bridgehead atoms. The predicted molar refractivity (Wildman–Crippen MR) is 55.5 cm³/mol. The van der Waals surface area contributed by atoms with Crippen molar-refractivity contribution >= 4 is 10.9 Å². The number of nitrogens with one attached hydrogen (secondary N) is 1. The van der Waals surface area contributed by atoms with E-state index in [-0.39, 0.29) is 0 Å². The summed E-state index contributed by atoms with van der Waals surface area (Å²) >= 11 is 0. The smallest absolute Gasteiger partial charge is 0.128 e. The highest BCUT2D eigenvalue weighted by molar-refractivity contribution is 5.89. The number of aromatic nitrogens is 1. The largest absolute Gasteiger partial charge is 0.496 e. The first-order chi connectivity index (χ1) is 6.74. The van der Waals surface area contributed by atoms with Crippen LogP contribution in [0.1, 0.15) is 18.6 Å². The van der Waals surface area contributed by atoms with Gasteiger partial charge in [0.2, 0.25) is 0 Å². The van der Waals surface area contributed by atoms with Gasteiger partial charge in [0.15, 0.2) is 0 Å². The Balaban J connectivity index is 2.74. The van der Waals surface area contributed by atoms with E-state index < -0.39 is 6.10 Å². The van der Waals surface area contributed by atoms with Crippen LogP contribution in [0.4, 0.5) is 0 Å². The number of aliphatic hydroxyl groups is 1. The number of rotatable bonds is 2. The van der Waals surface area contributed by atoms with Gasteiger partial charge in [-0.25, -0.2) is 0 Å². The van der Waals surface area contributed by atoms with Crippen molar-refractivity contribution in [1.29, 1.82) is 0 Å². The van der Waals surface area contributed by atoms with Gasteiger partial charge in [0.1, 0.15) is 5.75 Å². The van der Waals surface area contributed by atoms with Gasteiger partial charge in [-0.3, -0.25) is 0 Å². The highest BCUT2D eigenvalue weighted by Gasteiger charge is 2.11. The number of H-pyrrole nitrogens is 1. The average Bonchev–Trinajstić information content (AvgIpc) is 2.60. The molecule has 74 valence electrons. The third-order valence-electron chi connectivity index (χ3n) is 2.37. The number of fused-ring (bicyclic) bond motifs is 1. The molecule has 0 aliphatic carbocycles. The van der Waals surface area contributed by atoms with E-state index in [1.165, 1.54) is 0 Å². The number of benzene rings is 1. The Kier molecular flexibility index (Phi) is 2.17. The lowest BCUT2D eigenvalue weighted by atomic mass is 10.1. The third kappa shape index (κ3) is 1.26. The quantitative estimate of drug-likeness (QED) is 0.764. The van der Waals surface area contributed by atoms with Gasteiger partial charge < -0.3 is 14.8 Å². The second-order valence-electron chi connectivity index (χ2n) is 3.30. The van der Waals surface area contributed by atoms with Crippen LogP contribution in [0.25, 0.3) is 10.9 Å². The number of hydrogen-bond donors (Lipinski definition) is 2. The lowest BCUT2D eigenvalue weighted by Gasteiger charge is -2.06. The molecule has 0 fully saturated rings. The Morgan fingerprint density at radius 1 is 1.43 bits per heavy atom. The summed E-state index contributed by atoms with van der Waals surface area (Å²) in [5.74, 6) is 0.791. The molecule has 1 aromatic heterocycles. The number of aliphatic hydroxyl groups excluding tert-OH is 1. The van der Waals surface area contributed by atoms with Gasteiger partial charge in [-0.15, -0.1) is 0 Å². The summed E-state index contributed by atoms with van der Waals surface area (Å²) in [4.78, 5) is 3.10. The van der Waals surface area contributed by atoms with Crippen LogP contribution in [0.5, 0.6) is 5.75 Å². The molecule has 14 heavy (non-hydrogen) atoms. The summed E-state index contributed by atoms with van der Waals surface area (Å²) in [6, 6.07) is 5.77. The van der Waals surface area contributed by atoms with E-state index in [2.05, 4.69) is 4.98 Å². The highest BCUT2D eigenvalue weighted by Crippen LogP contribution is 2.31. The van der Waals surface area contributed by atoms with E-state index in [9.17, 15) is 5.11 Å². The Morgan fingerprint density at radius 3 is 2.86 bits per heavy atom. The summed E-state index contributed by atoms with van der Waals surface area (Å²) in [5, 5.41) is 10.5. The van der Waals surface area contributed by atoms with Crippen LogP contribution in [-0.2, 0) is 0 Å². The molecule has 0 amide bonds. The molecule has 3 heteroatoms. The molecule has 2 N–H and O–H groups in total. The lowest BCUT2D eigenvalue weighted by molar-refractivity contribution is 0.200. The van der Waals surface area contributed by atoms with Gasteiger partial charge in [-0.1, -0.05) is 6.07 Å². The molecule has 2 rings (SSSR count). The Labute approximate surface area is 82.3 Å². The van der Waals surface area contributed by atoms with Crippen molar-refractivity contribution in [3.05, 3.63) is 30.0 Å². The predicted octanol–water partition coefficient (Wildman–Crippen LogP) is 2.23. The van der Waals surface area contributed by atoms with Crippen LogP contribution in [0.2, 0.25) is 0 Å². The van der Waals surface area contributed by atoms with Crippen molar-refractivity contribution in [3.63, 3.8) is 0 Å². The zero-order valence-electron chi connectivity index (χ0n) is 8.24. The zero-order chi connectivity index (χ0) is 10.1. The van der Waals surface area contributed by atoms with E-state index in [1.807, 2.05) is 24.4 Å². The number of hydrogen-bond acceptors (Lipinski definition) is 2. The van der Waals surface area contributed by atoms with Crippen molar-refractivity contribution in [2.75, 3.05) is 7.11 Å². The average molecular weight is 191 g/mol. The van der Waals surface area contributed by atoms with Crippen molar-refractivity contribution in [2.24, 2.45) is 0 Å². The molecule has 0 radical (unpaired) electrons. The fourth-order valence-electron chi connectivity index (χ4n) is 1.68. The summed E-state index contributed by atoms with van der Waals surface area (Å²) in [6.45, 7) is 1.75. The lowest BCUT2D eigenvalue weighted by Crippen LogP contribution is -1.90. The van der Waals surface area contributed by atoms with Crippen molar-refractivity contribution in [3.8, 4) is 5.75 Å². The summed E-state index contributed by atoms with van der Waals surface area (Å²) in [6.07, 6.45) is 1.33.